The monoisotopic (exact) mass is 477 g/mol. The first-order chi connectivity index (χ1) is 11.6. The first-order valence-electron chi connectivity index (χ1n) is 7.64. The maximum Gasteiger partial charge on any atom is 0.241 e. The van der Waals surface area contributed by atoms with Crippen molar-refractivity contribution >= 4 is 47.2 Å². The van der Waals surface area contributed by atoms with E-state index in [1.807, 2.05) is 13.1 Å². The molecular weight excluding hydrogens is 453 g/mol. The molecule has 1 amide bonds. The Hall–Kier alpha value is -1.69. The van der Waals surface area contributed by atoms with Crippen molar-refractivity contribution < 1.29 is 4.79 Å². The number of rotatable bonds is 7. The normalized spacial score (nSPS) is 10.9. The van der Waals surface area contributed by atoms with Crippen molar-refractivity contribution in [2.45, 2.75) is 13.0 Å². The van der Waals surface area contributed by atoms with Crippen molar-refractivity contribution in [3.8, 4) is 0 Å². The lowest BCUT2D eigenvalue weighted by atomic mass is 10.3. The molecule has 2 aromatic heterocycles. The summed E-state index contributed by atoms with van der Waals surface area (Å²) in [4.78, 5) is 23.2. The van der Waals surface area contributed by atoms with Crippen molar-refractivity contribution in [3.63, 3.8) is 0 Å². The third-order valence-corrected chi connectivity index (χ3v) is 4.27. The van der Waals surface area contributed by atoms with Crippen LogP contribution in [0.15, 0.2) is 28.8 Å². The van der Waals surface area contributed by atoms with Gasteiger partial charge in [-0.2, -0.15) is 5.10 Å². The molecule has 8 nitrogen and oxygen atoms in total. The second-order valence-electron chi connectivity index (χ2n) is 5.36. The molecule has 0 aromatic carbocycles. The first kappa shape index (κ1) is 21.4. The zero-order valence-corrected chi connectivity index (χ0v) is 17.7. The highest BCUT2D eigenvalue weighted by Gasteiger charge is 2.07. The number of nitrogens with one attached hydrogen (secondary N) is 2. The van der Waals surface area contributed by atoms with E-state index in [0.717, 1.165) is 18.8 Å². The van der Waals surface area contributed by atoms with Crippen LogP contribution in [0.5, 0.6) is 0 Å². The zero-order valence-electron chi connectivity index (χ0n) is 14.6. The molecule has 0 saturated heterocycles. The molecule has 0 aliphatic heterocycles. The zero-order chi connectivity index (χ0) is 17.4. The summed E-state index contributed by atoms with van der Waals surface area (Å²) in [5.41, 5.74) is 0. The average molecular weight is 477 g/mol. The molecule has 0 fully saturated rings. The number of hydrogen-bond acceptors (Lipinski definition) is 5. The van der Waals surface area contributed by atoms with E-state index in [4.69, 9.17) is 0 Å². The maximum absolute atomic E-state index is 11.8. The van der Waals surface area contributed by atoms with Crippen molar-refractivity contribution in [2.75, 3.05) is 27.2 Å². The lowest BCUT2D eigenvalue weighted by molar-refractivity contribution is -0.127. The lowest BCUT2D eigenvalue weighted by Crippen LogP contribution is -2.43. The van der Waals surface area contributed by atoms with Crippen LogP contribution < -0.4 is 10.6 Å². The molecular formula is C15H24IN7OS. The predicted octanol–water partition coefficient (Wildman–Crippen LogP) is 0.861. The fraction of sp³-hybridized carbons (Fsp3) is 0.467. The number of likely N-dealkylation sites (N-methyl/N-ethyl adjacent to an activating group) is 1. The molecule has 138 valence electrons. The summed E-state index contributed by atoms with van der Waals surface area (Å²) in [5, 5.41) is 12.4. The molecule has 10 heteroatoms. The first-order valence-corrected chi connectivity index (χ1v) is 8.52. The number of carbonyl (C=O) groups excluding carboxylic acids is 1. The van der Waals surface area contributed by atoms with E-state index >= 15 is 0 Å². The van der Waals surface area contributed by atoms with Gasteiger partial charge >= 0.3 is 0 Å². The van der Waals surface area contributed by atoms with Gasteiger partial charge in [0.05, 0.1) is 6.54 Å². The van der Waals surface area contributed by atoms with Gasteiger partial charge in [0, 0.05) is 32.6 Å². The molecule has 0 unspecified atom stereocenters. The Kier molecular flexibility index (Phi) is 9.42. The van der Waals surface area contributed by atoms with E-state index in [1.165, 1.54) is 11.2 Å². The molecule has 2 aromatic rings. The van der Waals surface area contributed by atoms with Crippen LogP contribution in [0.25, 0.3) is 0 Å². The Labute approximate surface area is 168 Å². The van der Waals surface area contributed by atoms with Gasteiger partial charge in [-0.15, -0.1) is 35.3 Å². The van der Waals surface area contributed by atoms with Crippen LogP contribution in [0.1, 0.15) is 10.7 Å². The van der Waals surface area contributed by atoms with Gasteiger partial charge in [-0.1, -0.05) is 6.07 Å². The second-order valence-corrected chi connectivity index (χ2v) is 6.39. The van der Waals surface area contributed by atoms with E-state index in [9.17, 15) is 4.79 Å². The molecule has 0 saturated carbocycles. The smallest absolute Gasteiger partial charge is 0.241 e. The van der Waals surface area contributed by atoms with Crippen molar-refractivity contribution in [1.29, 1.82) is 0 Å². The number of guanidine groups is 1. The number of nitrogens with zero attached hydrogens (tertiary/aromatic N) is 5. The highest BCUT2D eigenvalue weighted by atomic mass is 127. The molecule has 0 atom stereocenters. The number of hydrogen-bond donors (Lipinski definition) is 2. The van der Waals surface area contributed by atoms with E-state index < -0.39 is 0 Å². The molecule has 0 aliphatic rings. The van der Waals surface area contributed by atoms with Crippen LogP contribution in [0.2, 0.25) is 0 Å². The fourth-order valence-electron chi connectivity index (χ4n) is 1.86. The molecule has 25 heavy (non-hydrogen) atoms. The third kappa shape index (κ3) is 7.38. The Balaban J connectivity index is 0.00000312. The van der Waals surface area contributed by atoms with Crippen molar-refractivity contribution in [2.24, 2.45) is 12.0 Å². The SMILES string of the molecule is CN(C)C(=O)CNC(=NCc1ncnn1C)NCCc1cccs1.I. The van der Waals surface area contributed by atoms with E-state index in [-0.39, 0.29) is 36.4 Å². The van der Waals surface area contributed by atoms with Crippen LogP contribution in [-0.4, -0.2) is 58.7 Å². The number of aliphatic imine (C=N–C) groups is 1. The Morgan fingerprint density at radius 1 is 1.40 bits per heavy atom. The molecule has 2 N–H and O–H groups in total. The third-order valence-electron chi connectivity index (χ3n) is 3.33. The van der Waals surface area contributed by atoms with Gasteiger partial charge in [-0.25, -0.2) is 9.98 Å². The van der Waals surface area contributed by atoms with Crippen LogP contribution in [0, 0.1) is 0 Å². The maximum atomic E-state index is 11.8. The molecule has 2 heterocycles. The van der Waals surface area contributed by atoms with Crippen LogP contribution in [-0.2, 0) is 24.8 Å². The molecule has 0 radical (unpaired) electrons. The minimum atomic E-state index is -0.0126. The number of thiophene rings is 1. The number of aromatic nitrogens is 3. The highest BCUT2D eigenvalue weighted by molar-refractivity contribution is 14.0. The second kappa shape index (κ2) is 11.0. The number of halogens is 1. The van der Waals surface area contributed by atoms with E-state index in [1.54, 1.807) is 35.0 Å². The Bertz CT molecular complexity index is 669. The van der Waals surface area contributed by atoms with Gasteiger partial charge in [0.2, 0.25) is 5.91 Å². The summed E-state index contributed by atoms with van der Waals surface area (Å²) in [6.45, 7) is 1.32. The summed E-state index contributed by atoms with van der Waals surface area (Å²) in [6.07, 6.45) is 2.40. The van der Waals surface area contributed by atoms with Gasteiger partial charge in [-0.05, 0) is 17.9 Å². The molecule has 0 aliphatic carbocycles. The molecule has 0 bridgehead atoms. The number of amides is 1. The van der Waals surface area contributed by atoms with Crippen molar-refractivity contribution in [1.82, 2.24) is 30.3 Å². The van der Waals surface area contributed by atoms with E-state index in [2.05, 4.69) is 37.2 Å². The van der Waals surface area contributed by atoms with Gasteiger partial charge in [-0.3, -0.25) is 9.48 Å². The van der Waals surface area contributed by atoms with Crippen LogP contribution >= 0.6 is 35.3 Å². The molecule has 2 rings (SSSR count). The summed E-state index contributed by atoms with van der Waals surface area (Å²) >= 11 is 1.73. The minimum absolute atomic E-state index is 0. The minimum Gasteiger partial charge on any atom is -0.356 e. The van der Waals surface area contributed by atoms with Crippen molar-refractivity contribution in [3.05, 3.63) is 34.5 Å². The van der Waals surface area contributed by atoms with Gasteiger partial charge in [0.25, 0.3) is 0 Å². The largest absolute Gasteiger partial charge is 0.356 e. The Morgan fingerprint density at radius 2 is 2.20 bits per heavy atom. The standard InChI is InChI=1S/C15H23N7OS.HI/c1-21(2)14(23)10-18-15(16-7-6-12-5-4-8-24-12)17-9-13-19-11-20-22(13)3;/h4-5,8,11H,6-7,9-10H2,1-3H3,(H2,16,17,18);1H. The summed E-state index contributed by atoms with van der Waals surface area (Å²) in [6, 6.07) is 4.14. The van der Waals surface area contributed by atoms with Gasteiger partial charge < -0.3 is 15.5 Å². The quantitative estimate of drug-likeness (QED) is 0.351. The number of carbonyl (C=O) groups is 1. The number of aryl methyl sites for hydroxylation is 1. The summed E-state index contributed by atoms with van der Waals surface area (Å²) < 4.78 is 1.68. The average Bonchev–Trinajstić information content (AvgIpc) is 3.20. The van der Waals surface area contributed by atoms with Gasteiger partial charge in [0.1, 0.15) is 18.7 Å². The summed E-state index contributed by atoms with van der Waals surface area (Å²) in [5.74, 6) is 1.33. The van der Waals surface area contributed by atoms with Crippen LogP contribution in [0.4, 0.5) is 0 Å². The highest BCUT2D eigenvalue weighted by Crippen LogP contribution is 2.08. The molecule has 0 spiro atoms. The van der Waals surface area contributed by atoms with Crippen LogP contribution in [0.3, 0.4) is 0 Å². The lowest BCUT2D eigenvalue weighted by Gasteiger charge is -2.14. The predicted molar refractivity (Wildman–Crippen MR) is 110 cm³/mol. The topological polar surface area (TPSA) is 87.4 Å². The summed E-state index contributed by atoms with van der Waals surface area (Å²) in [7, 11) is 5.28. The fourth-order valence-corrected chi connectivity index (χ4v) is 2.57. The Morgan fingerprint density at radius 3 is 2.80 bits per heavy atom. The van der Waals surface area contributed by atoms with Gasteiger partial charge in [0.15, 0.2) is 5.96 Å². The van der Waals surface area contributed by atoms with E-state index in [0.29, 0.717) is 12.5 Å².